The second-order valence-electron chi connectivity index (χ2n) is 8.04. The Bertz CT molecular complexity index is 1040. The van der Waals surface area contributed by atoms with Crippen molar-refractivity contribution in [3.8, 4) is 6.07 Å². The number of nitrogens with zero attached hydrogens (tertiary/aromatic N) is 6. The number of nitrogens with two attached hydrogens (primary N) is 1. The Balaban J connectivity index is 1.47. The number of carbonyl (C=O) groups is 2. The van der Waals surface area contributed by atoms with Gasteiger partial charge >= 0.3 is 0 Å². The summed E-state index contributed by atoms with van der Waals surface area (Å²) >= 11 is 0. The highest BCUT2D eigenvalue weighted by Crippen LogP contribution is 2.39. The first-order valence-electron chi connectivity index (χ1n) is 10.1. The molecule has 2 fully saturated rings. The molecule has 1 atom stereocenters. The van der Waals surface area contributed by atoms with Gasteiger partial charge in [0.25, 0.3) is 11.8 Å². The van der Waals surface area contributed by atoms with E-state index in [1.165, 1.54) is 23.5 Å². The predicted molar refractivity (Wildman–Crippen MR) is 109 cm³/mol. The van der Waals surface area contributed by atoms with Gasteiger partial charge in [0, 0.05) is 38.1 Å². The van der Waals surface area contributed by atoms with Gasteiger partial charge in [-0.1, -0.05) is 6.92 Å². The van der Waals surface area contributed by atoms with E-state index in [-0.39, 0.29) is 17.6 Å². The van der Waals surface area contributed by atoms with Gasteiger partial charge in [-0.15, -0.1) is 0 Å². The molecule has 2 N–H and O–H groups in total. The number of hydroxylamine groups is 2. The van der Waals surface area contributed by atoms with E-state index in [4.69, 9.17) is 15.8 Å². The smallest absolute Gasteiger partial charge is 0.267 e. The van der Waals surface area contributed by atoms with Crippen molar-refractivity contribution in [2.24, 2.45) is 11.1 Å². The lowest BCUT2D eigenvalue weighted by Crippen LogP contribution is -2.48. The number of amides is 2. The van der Waals surface area contributed by atoms with Gasteiger partial charge in [-0.3, -0.25) is 19.4 Å². The zero-order valence-electron chi connectivity index (χ0n) is 17.2. The minimum absolute atomic E-state index is 0.0798. The summed E-state index contributed by atoms with van der Waals surface area (Å²) in [7, 11) is 0. The molecule has 4 heterocycles. The third kappa shape index (κ3) is 4.04. The Morgan fingerprint density at radius 1 is 1.32 bits per heavy atom. The zero-order chi connectivity index (χ0) is 22.0. The van der Waals surface area contributed by atoms with Crippen LogP contribution in [-0.4, -0.2) is 51.5 Å². The number of carbonyl (C=O) groups excluding carboxylic acids is 2. The fraction of sp³-hybridized carbons (Fsp3) is 0.429. The van der Waals surface area contributed by atoms with Gasteiger partial charge in [0.15, 0.2) is 0 Å². The highest BCUT2D eigenvalue weighted by molar-refractivity contribution is 5.90. The number of pyridine rings is 1. The van der Waals surface area contributed by atoms with Gasteiger partial charge in [0.05, 0.1) is 23.6 Å². The number of rotatable bonds is 4. The Kier molecular flexibility index (Phi) is 5.52. The van der Waals surface area contributed by atoms with Crippen molar-refractivity contribution in [1.29, 1.82) is 5.26 Å². The molecule has 0 saturated carbocycles. The highest BCUT2D eigenvalue weighted by Gasteiger charge is 2.44. The van der Waals surface area contributed by atoms with Crippen LogP contribution < -0.4 is 10.6 Å². The minimum atomic E-state index is -0.610. The number of anilines is 1. The van der Waals surface area contributed by atoms with Gasteiger partial charge < -0.3 is 10.6 Å². The zero-order valence-corrected chi connectivity index (χ0v) is 17.2. The number of aromatic nitrogens is 3. The van der Waals surface area contributed by atoms with Crippen molar-refractivity contribution in [3.63, 3.8) is 0 Å². The maximum atomic E-state index is 13.5. The van der Waals surface area contributed by atoms with Crippen molar-refractivity contribution in [2.45, 2.75) is 32.2 Å². The fourth-order valence-corrected chi connectivity index (χ4v) is 3.99. The summed E-state index contributed by atoms with van der Waals surface area (Å²) in [5.74, 6) is -0.253. The number of nitriles is 1. The largest absolute Gasteiger partial charge is 0.364 e. The molecule has 0 aliphatic carbocycles. The molecule has 2 aliphatic rings. The molecule has 2 aromatic rings. The number of hydrogen-bond donors (Lipinski definition) is 1. The van der Waals surface area contributed by atoms with Crippen LogP contribution in [-0.2, 0) is 9.63 Å². The molecule has 2 aliphatic heterocycles. The van der Waals surface area contributed by atoms with Crippen LogP contribution in [0.4, 0.5) is 5.95 Å². The third-order valence-corrected chi connectivity index (χ3v) is 5.94. The molecular weight excluding hydrogens is 398 g/mol. The molecule has 31 heavy (non-hydrogen) atoms. The van der Waals surface area contributed by atoms with Crippen molar-refractivity contribution in [3.05, 3.63) is 47.5 Å². The summed E-state index contributed by atoms with van der Waals surface area (Å²) < 4.78 is 0. The fourth-order valence-electron chi connectivity index (χ4n) is 3.99. The highest BCUT2D eigenvalue weighted by atomic mass is 16.7. The van der Waals surface area contributed by atoms with Crippen molar-refractivity contribution < 1.29 is 14.4 Å². The van der Waals surface area contributed by atoms with Crippen LogP contribution in [0.5, 0.6) is 0 Å². The third-order valence-electron chi connectivity index (χ3n) is 5.94. The Morgan fingerprint density at radius 2 is 2.10 bits per heavy atom. The van der Waals surface area contributed by atoms with E-state index < -0.39 is 11.3 Å². The topological polar surface area (TPSA) is 138 Å². The molecule has 10 nitrogen and oxygen atoms in total. The average Bonchev–Trinajstić information content (AvgIpc) is 3.29. The molecule has 0 bridgehead atoms. The molecule has 10 heteroatoms. The van der Waals surface area contributed by atoms with Crippen LogP contribution in [0.1, 0.15) is 53.8 Å². The SMILES string of the molecule is CC1(C(=O)N2OCC[C@H]2c2cncc(C#N)c2)CCN(c2nccc(C(N)=O)n2)CC1. The maximum Gasteiger partial charge on any atom is 0.267 e. The Hall–Kier alpha value is -3.58. The molecule has 0 spiro atoms. The Labute approximate surface area is 179 Å². The van der Waals surface area contributed by atoms with E-state index in [0.29, 0.717) is 50.5 Å². The van der Waals surface area contributed by atoms with Crippen LogP contribution >= 0.6 is 0 Å². The molecule has 0 radical (unpaired) electrons. The normalized spacial score (nSPS) is 20.3. The predicted octanol–water partition coefficient (Wildman–Crippen LogP) is 1.35. The van der Waals surface area contributed by atoms with Crippen molar-refractivity contribution in [2.75, 3.05) is 24.6 Å². The summed E-state index contributed by atoms with van der Waals surface area (Å²) in [5.41, 5.74) is 6.11. The van der Waals surface area contributed by atoms with E-state index in [1.807, 2.05) is 11.8 Å². The molecule has 160 valence electrons. The quantitative estimate of drug-likeness (QED) is 0.781. The van der Waals surface area contributed by atoms with E-state index >= 15 is 0 Å². The van der Waals surface area contributed by atoms with Gasteiger partial charge in [-0.25, -0.2) is 15.0 Å². The number of piperidine rings is 1. The summed E-state index contributed by atoms with van der Waals surface area (Å²) in [5, 5.41) is 10.6. The number of primary amides is 1. The standard InChI is InChI=1S/C21H23N7O3/c1-21(4-7-27(8-5-21)20-25-6-2-16(26-20)18(23)29)19(30)28-17(3-9-31-28)15-10-14(11-22)12-24-13-15/h2,6,10,12-13,17H,3-5,7-9H2,1H3,(H2,23,29)/t17-/m0/s1. The maximum absolute atomic E-state index is 13.5. The first-order chi connectivity index (χ1) is 14.9. The molecule has 2 saturated heterocycles. The van der Waals surface area contributed by atoms with Crippen LogP contribution in [0, 0.1) is 16.7 Å². The van der Waals surface area contributed by atoms with Crippen molar-refractivity contribution in [1.82, 2.24) is 20.0 Å². The van der Waals surface area contributed by atoms with E-state index in [9.17, 15) is 9.59 Å². The lowest BCUT2D eigenvalue weighted by atomic mass is 9.79. The second kappa shape index (κ2) is 8.28. The molecule has 4 rings (SSSR count). The summed E-state index contributed by atoms with van der Waals surface area (Å²) in [6.45, 7) is 3.50. The van der Waals surface area contributed by atoms with E-state index in [0.717, 1.165) is 5.56 Å². The summed E-state index contributed by atoms with van der Waals surface area (Å²) in [4.78, 5) is 45.1. The van der Waals surface area contributed by atoms with E-state index in [1.54, 1.807) is 12.3 Å². The first-order valence-corrected chi connectivity index (χ1v) is 10.1. The molecule has 2 amide bonds. The van der Waals surface area contributed by atoms with Crippen molar-refractivity contribution >= 4 is 17.8 Å². The lowest BCUT2D eigenvalue weighted by molar-refractivity contribution is -0.189. The van der Waals surface area contributed by atoms with Crippen LogP contribution in [0.3, 0.4) is 0 Å². The summed E-state index contributed by atoms with van der Waals surface area (Å²) in [6.07, 6.45) is 6.50. The van der Waals surface area contributed by atoms with Gasteiger partial charge in [-0.05, 0) is 30.5 Å². The van der Waals surface area contributed by atoms with Crippen LogP contribution in [0.2, 0.25) is 0 Å². The van der Waals surface area contributed by atoms with Gasteiger partial charge in [-0.2, -0.15) is 5.26 Å². The van der Waals surface area contributed by atoms with E-state index in [2.05, 4.69) is 21.0 Å². The second-order valence-corrected chi connectivity index (χ2v) is 8.04. The number of hydrogen-bond acceptors (Lipinski definition) is 8. The lowest BCUT2D eigenvalue weighted by Gasteiger charge is -2.40. The van der Waals surface area contributed by atoms with Crippen LogP contribution in [0.25, 0.3) is 0 Å². The van der Waals surface area contributed by atoms with Crippen LogP contribution in [0.15, 0.2) is 30.7 Å². The molecule has 0 unspecified atom stereocenters. The first kappa shape index (κ1) is 20.7. The minimum Gasteiger partial charge on any atom is -0.364 e. The van der Waals surface area contributed by atoms with Gasteiger partial charge in [0.1, 0.15) is 11.8 Å². The molecule has 2 aromatic heterocycles. The monoisotopic (exact) mass is 421 g/mol. The molecular formula is C21H23N7O3. The summed E-state index contributed by atoms with van der Waals surface area (Å²) in [6, 6.07) is 5.05. The van der Waals surface area contributed by atoms with Gasteiger partial charge in [0.2, 0.25) is 5.95 Å². The molecule has 0 aromatic carbocycles. The Morgan fingerprint density at radius 3 is 2.81 bits per heavy atom. The average molecular weight is 421 g/mol.